The quantitative estimate of drug-likeness (QED) is 0.443. The number of hydrogen-bond acceptors (Lipinski definition) is 8. The zero-order chi connectivity index (χ0) is 31.1. The summed E-state index contributed by atoms with van der Waals surface area (Å²) < 4.78 is 23.1. The zero-order valence-corrected chi connectivity index (χ0v) is 25.5. The number of carbonyl (C=O) groups excluding carboxylic acids is 3. The van der Waals surface area contributed by atoms with Crippen molar-refractivity contribution >= 4 is 46.0 Å². The van der Waals surface area contributed by atoms with Crippen LogP contribution in [0.4, 0.5) is 26.5 Å². The number of anilines is 3. The smallest absolute Gasteiger partial charge is 0.412 e. The Balaban J connectivity index is 1.45. The van der Waals surface area contributed by atoms with Gasteiger partial charge in [-0.15, -0.1) is 0 Å². The minimum atomic E-state index is -0.798. The van der Waals surface area contributed by atoms with Gasteiger partial charge in [-0.2, -0.15) is 5.10 Å². The van der Waals surface area contributed by atoms with Crippen LogP contribution in [0.25, 0.3) is 10.8 Å². The number of halogens is 1. The molecule has 5 rings (SSSR count). The maximum absolute atomic E-state index is 16.0. The lowest BCUT2D eigenvalue weighted by atomic mass is 10.0. The number of ether oxygens (including phenoxy) is 1. The maximum atomic E-state index is 16.0. The molecule has 0 atom stereocenters. The number of aromatic nitrogens is 3. The van der Waals surface area contributed by atoms with Crippen LogP contribution in [0.2, 0.25) is 0 Å². The Morgan fingerprint density at radius 1 is 1.07 bits per heavy atom. The van der Waals surface area contributed by atoms with Gasteiger partial charge in [0.1, 0.15) is 18.0 Å². The number of amides is 3. The van der Waals surface area contributed by atoms with Gasteiger partial charge in [0, 0.05) is 67.5 Å². The molecule has 1 saturated heterocycles. The van der Waals surface area contributed by atoms with Crippen molar-refractivity contribution in [1.82, 2.24) is 29.5 Å². The molecular weight excluding hydrogens is 555 g/mol. The van der Waals surface area contributed by atoms with Gasteiger partial charge in [0.25, 0.3) is 0 Å². The van der Waals surface area contributed by atoms with E-state index in [-0.39, 0.29) is 48.7 Å². The number of likely N-dealkylation sites (N-methyl/N-ethyl adjacent to an activating group) is 1. The molecule has 3 aromatic rings. The second kappa shape index (κ2) is 11.8. The van der Waals surface area contributed by atoms with Crippen LogP contribution in [0.15, 0.2) is 24.4 Å². The van der Waals surface area contributed by atoms with E-state index in [1.54, 1.807) is 42.5 Å². The van der Waals surface area contributed by atoms with Gasteiger partial charge in [-0.1, -0.05) is 0 Å². The Hall–Kier alpha value is -4.26. The lowest BCUT2D eigenvalue weighted by Crippen LogP contribution is -2.48. The molecule has 12 nitrogen and oxygen atoms in total. The van der Waals surface area contributed by atoms with Crippen LogP contribution in [-0.2, 0) is 33.8 Å². The van der Waals surface area contributed by atoms with Crippen LogP contribution < -0.4 is 10.6 Å². The van der Waals surface area contributed by atoms with Gasteiger partial charge in [-0.25, -0.2) is 14.2 Å². The van der Waals surface area contributed by atoms with Gasteiger partial charge in [0.15, 0.2) is 11.6 Å². The molecule has 3 amide bonds. The summed E-state index contributed by atoms with van der Waals surface area (Å²) in [5.74, 6) is 0.259. The average molecular weight is 595 g/mol. The number of piperazine rings is 1. The second-order valence-corrected chi connectivity index (χ2v) is 12.4. The molecule has 2 aromatic heterocycles. The highest BCUT2D eigenvalue weighted by Crippen LogP contribution is 2.33. The summed E-state index contributed by atoms with van der Waals surface area (Å²) in [6.07, 6.45) is 1.35. The fraction of sp³-hybridized carbons (Fsp3) is 0.500. The molecule has 43 heavy (non-hydrogen) atoms. The fourth-order valence-corrected chi connectivity index (χ4v) is 5.35. The van der Waals surface area contributed by atoms with E-state index in [1.165, 1.54) is 6.20 Å². The predicted octanol–water partition coefficient (Wildman–Crippen LogP) is 3.73. The molecule has 0 saturated carbocycles. The normalized spacial score (nSPS) is 16.5. The third kappa shape index (κ3) is 6.87. The molecule has 0 radical (unpaired) electrons. The van der Waals surface area contributed by atoms with E-state index in [2.05, 4.69) is 20.7 Å². The second-order valence-electron chi connectivity index (χ2n) is 12.4. The highest BCUT2D eigenvalue weighted by molar-refractivity contribution is 6.01. The molecule has 230 valence electrons. The molecule has 0 bridgehead atoms. The van der Waals surface area contributed by atoms with Crippen LogP contribution in [0.5, 0.6) is 0 Å². The average Bonchev–Trinajstić information content (AvgIpc) is 3.19. The standard InChI is InChI=1S/C30H39FN8O4/c1-18(2)38-8-7-21-13-24(35-39(21)17-26(38)41)33-23-12-19-11-20(15-37-10-9-36(6)16-25(37)40)27(31)28(22(19)14-32-23)34-29(42)43-30(3,4)5/h11-14,18H,7-10,15-17H2,1-6H3,(H,34,42)(H,32,33,35). The Kier molecular flexibility index (Phi) is 8.28. The first-order chi connectivity index (χ1) is 20.3. The third-order valence-electron chi connectivity index (χ3n) is 7.49. The molecule has 2 aliphatic heterocycles. The Morgan fingerprint density at radius 2 is 1.84 bits per heavy atom. The number of rotatable bonds is 6. The zero-order valence-electron chi connectivity index (χ0n) is 25.5. The topological polar surface area (TPSA) is 125 Å². The van der Waals surface area contributed by atoms with E-state index in [9.17, 15) is 14.4 Å². The maximum Gasteiger partial charge on any atom is 0.412 e. The molecule has 1 fully saturated rings. The fourth-order valence-electron chi connectivity index (χ4n) is 5.35. The molecule has 0 spiro atoms. The number of hydrogen-bond donors (Lipinski definition) is 2. The van der Waals surface area contributed by atoms with Gasteiger partial charge in [0.05, 0.1) is 12.2 Å². The summed E-state index contributed by atoms with van der Waals surface area (Å²) in [4.78, 5) is 47.9. The van der Waals surface area contributed by atoms with Gasteiger partial charge in [-0.3, -0.25) is 24.5 Å². The van der Waals surface area contributed by atoms with Crippen molar-refractivity contribution in [2.24, 2.45) is 0 Å². The first-order valence-corrected chi connectivity index (χ1v) is 14.5. The van der Waals surface area contributed by atoms with Gasteiger partial charge in [-0.05, 0) is 59.2 Å². The highest BCUT2D eigenvalue weighted by atomic mass is 19.1. The van der Waals surface area contributed by atoms with Gasteiger partial charge < -0.3 is 19.9 Å². The van der Waals surface area contributed by atoms with Crippen molar-refractivity contribution in [3.05, 3.63) is 41.5 Å². The summed E-state index contributed by atoms with van der Waals surface area (Å²) in [6.45, 7) is 11.4. The summed E-state index contributed by atoms with van der Waals surface area (Å²) in [5.41, 5.74) is 0.348. The number of pyridine rings is 1. The Morgan fingerprint density at radius 3 is 2.53 bits per heavy atom. The Bertz CT molecular complexity index is 1560. The van der Waals surface area contributed by atoms with Crippen molar-refractivity contribution < 1.29 is 23.5 Å². The lowest BCUT2D eigenvalue weighted by Gasteiger charge is -2.32. The van der Waals surface area contributed by atoms with Crippen molar-refractivity contribution in [3.63, 3.8) is 0 Å². The van der Waals surface area contributed by atoms with Crippen LogP contribution in [-0.4, -0.2) is 92.2 Å². The summed E-state index contributed by atoms with van der Waals surface area (Å²) in [7, 11) is 1.87. The van der Waals surface area contributed by atoms with Gasteiger partial charge >= 0.3 is 6.09 Å². The van der Waals surface area contributed by atoms with Gasteiger partial charge in [0.2, 0.25) is 11.8 Å². The first-order valence-electron chi connectivity index (χ1n) is 14.5. The van der Waals surface area contributed by atoms with Crippen molar-refractivity contribution in [2.45, 2.75) is 65.8 Å². The van der Waals surface area contributed by atoms with Crippen LogP contribution in [0.1, 0.15) is 45.9 Å². The summed E-state index contributed by atoms with van der Waals surface area (Å²) in [5, 5.41) is 11.3. The number of fused-ring (bicyclic) bond motifs is 2. The van der Waals surface area contributed by atoms with Crippen LogP contribution in [0, 0.1) is 5.82 Å². The SMILES string of the molecule is CC(C)N1CCc2cc(Nc3cc4cc(CN5CCN(C)CC5=O)c(F)c(NC(=O)OC(C)(C)C)c4cn3)nn2CC1=O. The van der Waals surface area contributed by atoms with E-state index in [0.29, 0.717) is 48.5 Å². The largest absolute Gasteiger partial charge is 0.444 e. The van der Waals surface area contributed by atoms with E-state index in [1.807, 2.05) is 36.8 Å². The monoisotopic (exact) mass is 594 g/mol. The molecule has 2 aliphatic rings. The number of nitrogens with zero attached hydrogens (tertiary/aromatic N) is 6. The minimum absolute atomic E-state index is 0.0191. The molecule has 13 heteroatoms. The molecule has 0 unspecified atom stereocenters. The van der Waals surface area contributed by atoms with Crippen LogP contribution in [0.3, 0.4) is 0 Å². The van der Waals surface area contributed by atoms with Crippen molar-refractivity contribution in [2.75, 3.05) is 43.9 Å². The van der Waals surface area contributed by atoms with E-state index >= 15 is 4.39 Å². The Labute approximate surface area is 250 Å². The van der Waals surface area contributed by atoms with E-state index in [0.717, 1.165) is 5.69 Å². The molecular formula is C30H39FN8O4. The summed E-state index contributed by atoms with van der Waals surface area (Å²) >= 11 is 0. The number of carbonyl (C=O) groups is 3. The third-order valence-corrected chi connectivity index (χ3v) is 7.49. The molecule has 0 aliphatic carbocycles. The summed E-state index contributed by atoms with van der Waals surface area (Å²) in [6, 6.07) is 5.43. The van der Waals surface area contributed by atoms with Crippen molar-refractivity contribution in [3.8, 4) is 0 Å². The first kappa shape index (κ1) is 30.2. The molecule has 1 aromatic carbocycles. The molecule has 2 N–H and O–H groups in total. The highest BCUT2D eigenvalue weighted by Gasteiger charge is 2.27. The lowest BCUT2D eigenvalue weighted by molar-refractivity contribution is -0.136. The number of benzene rings is 1. The van der Waals surface area contributed by atoms with Crippen molar-refractivity contribution in [1.29, 1.82) is 0 Å². The predicted molar refractivity (Wildman–Crippen MR) is 161 cm³/mol. The van der Waals surface area contributed by atoms with E-state index in [4.69, 9.17) is 4.74 Å². The minimum Gasteiger partial charge on any atom is -0.444 e. The number of nitrogens with one attached hydrogen (secondary N) is 2. The van der Waals surface area contributed by atoms with E-state index < -0.39 is 17.5 Å². The molecule has 4 heterocycles. The van der Waals surface area contributed by atoms with Crippen LogP contribution >= 0.6 is 0 Å².